The molecular weight excluding hydrogens is 246 g/mol. The number of nitrogens with zero attached hydrogens (tertiary/aromatic N) is 2. The number of amides is 1. The second-order valence-electron chi connectivity index (χ2n) is 4.43. The summed E-state index contributed by atoms with van der Waals surface area (Å²) in [6.07, 6.45) is 2.17. The van der Waals surface area contributed by atoms with Gasteiger partial charge in [0.25, 0.3) is 0 Å². The van der Waals surface area contributed by atoms with Crippen LogP contribution in [0.4, 0.5) is 11.6 Å². The molecule has 0 aromatic carbocycles. The molecule has 7 nitrogen and oxygen atoms in total. The first kappa shape index (κ1) is 13.5. The molecule has 1 amide bonds. The van der Waals surface area contributed by atoms with E-state index in [4.69, 9.17) is 4.74 Å². The van der Waals surface area contributed by atoms with Crippen LogP contribution >= 0.6 is 0 Å². The lowest BCUT2D eigenvalue weighted by atomic mass is 10.4. The molecule has 0 atom stereocenters. The largest absolute Gasteiger partial charge is 0.377 e. The molecule has 2 rings (SSSR count). The Labute approximate surface area is 112 Å². The van der Waals surface area contributed by atoms with E-state index in [9.17, 15) is 4.79 Å². The van der Waals surface area contributed by atoms with E-state index in [0.29, 0.717) is 30.1 Å². The van der Waals surface area contributed by atoms with Gasteiger partial charge < -0.3 is 20.7 Å². The number of hydrogen-bond donors (Lipinski definition) is 3. The van der Waals surface area contributed by atoms with Crippen LogP contribution in [0, 0.1) is 0 Å². The fraction of sp³-hybridized carbons (Fsp3) is 0.583. The van der Waals surface area contributed by atoms with Crippen molar-refractivity contribution in [1.29, 1.82) is 0 Å². The number of carbonyl (C=O) groups excluding carboxylic acids is 1. The van der Waals surface area contributed by atoms with E-state index < -0.39 is 0 Å². The summed E-state index contributed by atoms with van der Waals surface area (Å²) in [5, 5.41) is 8.85. The molecule has 0 spiro atoms. The minimum atomic E-state index is -0.0135. The molecule has 1 aromatic heterocycles. The summed E-state index contributed by atoms with van der Waals surface area (Å²) in [6, 6.07) is 2.13. The van der Waals surface area contributed by atoms with Gasteiger partial charge in [0, 0.05) is 26.3 Å². The second-order valence-corrected chi connectivity index (χ2v) is 4.43. The minimum absolute atomic E-state index is 0.0135. The molecule has 1 aliphatic carbocycles. The number of aromatic nitrogens is 2. The molecule has 104 valence electrons. The van der Waals surface area contributed by atoms with E-state index in [-0.39, 0.29) is 12.5 Å². The minimum Gasteiger partial charge on any atom is -0.377 e. The van der Waals surface area contributed by atoms with Crippen LogP contribution in [0.3, 0.4) is 0 Å². The highest BCUT2D eigenvalue weighted by molar-refractivity contribution is 5.81. The SMILES string of the molecule is CNc1cc(NCC(=O)NC2CC2)nc(COC)n1. The van der Waals surface area contributed by atoms with Crippen molar-refractivity contribution in [2.75, 3.05) is 31.3 Å². The summed E-state index contributed by atoms with van der Waals surface area (Å²) in [6.45, 7) is 0.543. The van der Waals surface area contributed by atoms with Gasteiger partial charge in [0.1, 0.15) is 18.2 Å². The highest BCUT2D eigenvalue weighted by Crippen LogP contribution is 2.18. The van der Waals surface area contributed by atoms with E-state index >= 15 is 0 Å². The molecule has 0 bridgehead atoms. The lowest BCUT2D eigenvalue weighted by Crippen LogP contribution is -2.31. The van der Waals surface area contributed by atoms with Gasteiger partial charge >= 0.3 is 0 Å². The number of rotatable bonds is 7. The van der Waals surface area contributed by atoms with Crippen LogP contribution < -0.4 is 16.0 Å². The van der Waals surface area contributed by atoms with Crippen LogP contribution in [0.2, 0.25) is 0 Å². The van der Waals surface area contributed by atoms with E-state index in [1.54, 1.807) is 20.2 Å². The number of methoxy groups -OCH3 is 1. The molecule has 1 heterocycles. The molecule has 1 fully saturated rings. The van der Waals surface area contributed by atoms with E-state index in [2.05, 4.69) is 25.9 Å². The van der Waals surface area contributed by atoms with Crippen molar-refractivity contribution in [3.05, 3.63) is 11.9 Å². The third kappa shape index (κ3) is 4.36. The molecule has 19 heavy (non-hydrogen) atoms. The Kier molecular flexibility index (Phi) is 4.51. The first-order valence-electron chi connectivity index (χ1n) is 6.29. The maximum atomic E-state index is 11.6. The molecule has 7 heteroatoms. The summed E-state index contributed by atoms with van der Waals surface area (Å²) < 4.78 is 5.01. The standard InChI is InChI=1S/C12H19N5O2/c1-13-9-5-10(17-11(16-9)7-19-2)14-6-12(18)15-8-3-4-8/h5,8H,3-4,6-7H2,1-2H3,(H,15,18)(H2,13,14,16,17). The van der Waals surface area contributed by atoms with Gasteiger partial charge in [-0.05, 0) is 12.8 Å². The predicted molar refractivity (Wildman–Crippen MR) is 71.9 cm³/mol. The summed E-state index contributed by atoms with van der Waals surface area (Å²) in [5.74, 6) is 1.85. The summed E-state index contributed by atoms with van der Waals surface area (Å²) in [4.78, 5) is 20.1. The predicted octanol–water partition coefficient (Wildman–Crippen LogP) is 0.355. The highest BCUT2D eigenvalue weighted by atomic mass is 16.5. The van der Waals surface area contributed by atoms with E-state index in [1.807, 2.05) is 0 Å². The van der Waals surface area contributed by atoms with Gasteiger partial charge in [-0.25, -0.2) is 9.97 Å². The number of anilines is 2. The molecular formula is C12H19N5O2. The molecule has 3 N–H and O–H groups in total. The average Bonchev–Trinajstić information content (AvgIpc) is 3.20. The number of nitrogens with one attached hydrogen (secondary N) is 3. The zero-order valence-electron chi connectivity index (χ0n) is 11.2. The van der Waals surface area contributed by atoms with Gasteiger partial charge in [0.05, 0.1) is 6.54 Å². The summed E-state index contributed by atoms with van der Waals surface area (Å²) in [7, 11) is 3.37. The maximum absolute atomic E-state index is 11.6. The smallest absolute Gasteiger partial charge is 0.239 e. The molecule has 0 unspecified atom stereocenters. The normalized spacial score (nSPS) is 14.0. The van der Waals surface area contributed by atoms with Gasteiger partial charge in [-0.3, -0.25) is 4.79 Å². The van der Waals surface area contributed by atoms with Crippen LogP contribution in [-0.2, 0) is 16.1 Å². The highest BCUT2D eigenvalue weighted by Gasteiger charge is 2.22. The van der Waals surface area contributed by atoms with E-state index in [1.165, 1.54) is 0 Å². The van der Waals surface area contributed by atoms with Crippen LogP contribution in [0.5, 0.6) is 0 Å². The lowest BCUT2D eigenvalue weighted by molar-refractivity contribution is -0.119. The number of hydrogen-bond acceptors (Lipinski definition) is 6. The van der Waals surface area contributed by atoms with Gasteiger partial charge in [-0.15, -0.1) is 0 Å². The van der Waals surface area contributed by atoms with Crippen molar-refractivity contribution >= 4 is 17.5 Å². The quantitative estimate of drug-likeness (QED) is 0.659. The van der Waals surface area contributed by atoms with Crippen molar-refractivity contribution in [2.45, 2.75) is 25.5 Å². The van der Waals surface area contributed by atoms with Crippen LogP contribution in [0.1, 0.15) is 18.7 Å². The third-order valence-electron chi connectivity index (χ3n) is 2.67. The Morgan fingerprint density at radius 1 is 1.42 bits per heavy atom. The van der Waals surface area contributed by atoms with Gasteiger partial charge in [-0.2, -0.15) is 0 Å². The van der Waals surface area contributed by atoms with Crippen molar-refractivity contribution in [3.8, 4) is 0 Å². The number of ether oxygens (including phenoxy) is 1. The monoisotopic (exact) mass is 265 g/mol. The Bertz CT molecular complexity index is 448. The molecule has 1 aliphatic rings. The van der Waals surface area contributed by atoms with Crippen LogP contribution in [0.25, 0.3) is 0 Å². The Balaban J connectivity index is 1.93. The summed E-state index contributed by atoms with van der Waals surface area (Å²) in [5.41, 5.74) is 0. The fourth-order valence-electron chi connectivity index (χ4n) is 1.59. The second kappa shape index (κ2) is 6.33. The van der Waals surface area contributed by atoms with Gasteiger partial charge in [0.15, 0.2) is 5.82 Å². The van der Waals surface area contributed by atoms with Crippen molar-refractivity contribution in [1.82, 2.24) is 15.3 Å². The average molecular weight is 265 g/mol. The van der Waals surface area contributed by atoms with Crippen molar-refractivity contribution in [3.63, 3.8) is 0 Å². The van der Waals surface area contributed by atoms with Crippen LogP contribution in [0.15, 0.2) is 6.07 Å². The molecule has 0 saturated heterocycles. The van der Waals surface area contributed by atoms with Crippen molar-refractivity contribution in [2.24, 2.45) is 0 Å². The molecule has 1 aromatic rings. The fourth-order valence-corrected chi connectivity index (χ4v) is 1.59. The molecule has 1 saturated carbocycles. The Morgan fingerprint density at radius 3 is 2.79 bits per heavy atom. The first-order chi connectivity index (χ1) is 9.21. The molecule has 0 aliphatic heterocycles. The maximum Gasteiger partial charge on any atom is 0.239 e. The topological polar surface area (TPSA) is 88.2 Å². The van der Waals surface area contributed by atoms with Gasteiger partial charge in [-0.1, -0.05) is 0 Å². The summed E-state index contributed by atoms with van der Waals surface area (Å²) >= 11 is 0. The van der Waals surface area contributed by atoms with E-state index in [0.717, 1.165) is 12.8 Å². The lowest BCUT2D eigenvalue weighted by Gasteiger charge is -2.09. The zero-order valence-corrected chi connectivity index (χ0v) is 11.2. The Morgan fingerprint density at radius 2 is 2.16 bits per heavy atom. The zero-order chi connectivity index (χ0) is 13.7. The van der Waals surface area contributed by atoms with Gasteiger partial charge in [0.2, 0.25) is 5.91 Å². The molecule has 0 radical (unpaired) electrons. The van der Waals surface area contributed by atoms with Crippen LogP contribution in [-0.4, -0.2) is 42.6 Å². The number of carbonyl (C=O) groups is 1. The Hall–Kier alpha value is -1.89. The first-order valence-corrected chi connectivity index (χ1v) is 6.29. The van der Waals surface area contributed by atoms with Crippen molar-refractivity contribution < 1.29 is 9.53 Å². The third-order valence-corrected chi connectivity index (χ3v) is 2.67.